The first-order valence-corrected chi connectivity index (χ1v) is 10.7. The summed E-state index contributed by atoms with van der Waals surface area (Å²) in [5.41, 5.74) is 0.841. The zero-order chi connectivity index (χ0) is 19.2. The number of aliphatic imine (C=N–C) groups is 1. The van der Waals surface area contributed by atoms with Crippen LogP contribution in [-0.4, -0.2) is 38.2 Å². The maximum Gasteiger partial charge on any atom is 0.216 e. The number of nitrogens with zero attached hydrogens (tertiary/aromatic N) is 2. The van der Waals surface area contributed by atoms with E-state index < -0.39 is 9.84 Å². The standard InChI is InChI=1S/C17H23BrN4O3S/c1-4-19-17(21-11-16-22-12(2)13(3)25-16)20-9-10-26(23,24)15-7-5-14(18)6-8-15/h5-8H,4,9-11H2,1-3H3,(H2,19,20,21). The van der Waals surface area contributed by atoms with Crippen LogP contribution in [0.25, 0.3) is 0 Å². The normalized spacial score (nSPS) is 12.2. The Morgan fingerprint density at radius 3 is 2.50 bits per heavy atom. The van der Waals surface area contributed by atoms with Gasteiger partial charge in [-0.2, -0.15) is 0 Å². The lowest BCUT2D eigenvalue weighted by molar-refractivity contribution is 0.473. The monoisotopic (exact) mass is 442 g/mol. The Balaban J connectivity index is 1.95. The Bertz CT molecular complexity index is 841. The quantitative estimate of drug-likeness (QED) is 0.505. The molecular weight excluding hydrogens is 420 g/mol. The van der Waals surface area contributed by atoms with Gasteiger partial charge in [-0.1, -0.05) is 15.9 Å². The number of benzene rings is 1. The van der Waals surface area contributed by atoms with E-state index in [4.69, 9.17) is 4.42 Å². The lowest BCUT2D eigenvalue weighted by Gasteiger charge is -2.11. The van der Waals surface area contributed by atoms with Gasteiger partial charge < -0.3 is 15.1 Å². The van der Waals surface area contributed by atoms with Gasteiger partial charge in [-0.05, 0) is 45.0 Å². The molecule has 0 amide bonds. The third-order valence-corrected chi connectivity index (χ3v) is 5.89. The molecule has 0 aliphatic carbocycles. The smallest absolute Gasteiger partial charge is 0.216 e. The van der Waals surface area contributed by atoms with E-state index in [-0.39, 0.29) is 18.8 Å². The molecular formula is C17H23BrN4O3S. The van der Waals surface area contributed by atoms with Crippen molar-refractivity contribution in [2.24, 2.45) is 4.99 Å². The number of hydrogen-bond acceptors (Lipinski definition) is 5. The number of sulfone groups is 1. The Hall–Kier alpha value is -1.87. The number of rotatable bonds is 7. The minimum Gasteiger partial charge on any atom is -0.444 e. The molecule has 0 fully saturated rings. The summed E-state index contributed by atoms with van der Waals surface area (Å²) < 4.78 is 31.1. The molecule has 0 bridgehead atoms. The lowest BCUT2D eigenvalue weighted by Crippen LogP contribution is -2.39. The van der Waals surface area contributed by atoms with Crippen LogP contribution in [0.3, 0.4) is 0 Å². The van der Waals surface area contributed by atoms with Crippen molar-refractivity contribution in [3.05, 3.63) is 46.1 Å². The van der Waals surface area contributed by atoms with Gasteiger partial charge >= 0.3 is 0 Å². The predicted molar refractivity (Wildman–Crippen MR) is 105 cm³/mol. The fourth-order valence-electron chi connectivity index (χ4n) is 2.16. The van der Waals surface area contributed by atoms with E-state index in [9.17, 15) is 8.42 Å². The molecule has 1 aromatic heterocycles. The molecule has 2 N–H and O–H groups in total. The van der Waals surface area contributed by atoms with Crippen LogP contribution in [0.2, 0.25) is 0 Å². The minimum atomic E-state index is -3.35. The molecule has 0 atom stereocenters. The summed E-state index contributed by atoms with van der Waals surface area (Å²) >= 11 is 3.30. The summed E-state index contributed by atoms with van der Waals surface area (Å²) in [6, 6.07) is 6.61. The molecule has 1 heterocycles. The number of aryl methyl sites for hydroxylation is 2. The van der Waals surface area contributed by atoms with Crippen molar-refractivity contribution in [2.45, 2.75) is 32.2 Å². The van der Waals surface area contributed by atoms with E-state index in [2.05, 4.69) is 36.5 Å². The largest absolute Gasteiger partial charge is 0.444 e. The van der Waals surface area contributed by atoms with Gasteiger partial charge in [-0.25, -0.2) is 18.4 Å². The maximum absolute atomic E-state index is 12.4. The Morgan fingerprint density at radius 2 is 1.92 bits per heavy atom. The third-order valence-electron chi connectivity index (χ3n) is 3.63. The number of guanidine groups is 1. The van der Waals surface area contributed by atoms with Gasteiger partial charge in [0.05, 0.1) is 16.3 Å². The average Bonchev–Trinajstić information content (AvgIpc) is 2.91. The first-order chi connectivity index (χ1) is 12.3. The highest BCUT2D eigenvalue weighted by atomic mass is 79.9. The fourth-order valence-corrected chi connectivity index (χ4v) is 3.58. The fraction of sp³-hybridized carbons (Fsp3) is 0.412. The van der Waals surface area contributed by atoms with Crippen LogP contribution < -0.4 is 10.6 Å². The van der Waals surface area contributed by atoms with Gasteiger partial charge in [0.1, 0.15) is 12.3 Å². The molecule has 0 saturated heterocycles. The van der Waals surface area contributed by atoms with Crippen molar-refractivity contribution in [3.8, 4) is 0 Å². The predicted octanol–water partition coefficient (Wildman–Crippen LogP) is 2.58. The van der Waals surface area contributed by atoms with E-state index in [0.29, 0.717) is 23.3 Å². The van der Waals surface area contributed by atoms with Gasteiger partial charge in [0, 0.05) is 17.6 Å². The zero-order valence-electron chi connectivity index (χ0n) is 15.0. The molecule has 0 spiro atoms. The molecule has 0 aliphatic heterocycles. The average molecular weight is 443 g/mol. The second-order valence-corrected chi connectivity index (χ2v) is 8.67. The number of oxazole rings is 1. The highest BCUT2D eigenvalue weighted by molar-refractivity contribution is 9.10. The van der Waals surface area contributed by atoms with Crippen LogP contribution in [0.1, 0.15) is 24.3 Å². The van der Waals surface area contributed by atoms with Gasteiger partial charge in [0.15, 0.2) is 15.8 Å². The van der Waals surface area contributed by atoms with Crippen molar-refractivity contribution < 1.29 is 12.8 Å². The maximum atomic E-state index is 12.4. The number of nitrogens with one attached hydrogen (secondary N) is 2. The summed E-state index contributed by atoms with van der Waals surface area (Å²) in [6.07, 6.45) is 0. The topological polar surface area (TPSA) is 96.6 Å². The number of hydrogen-bond donors (Lipinski definition) is 2. The SMILES string of the molecule is CCNC(=NCc1nc(C)c(C)o1)NCCS(=O)(=O)c1ccc(Br)cc1. The minimum absolute atomic E-state index is 0.0315. The van der Waals surface area contributed by atoms with Gasteiger partial charge in [-0.3, -0.25) is 0 Å². The summed E-state index contributed by atoms with van der Waals surface area (Å²) in [5.74, 6) is 1.79. The summed E-state index contributed by atoms with van der Waals surface area (Å²) in [5, 5.41) is 6.11. The molecule has 26 heavy (non-hydrogen) atoms. The molecule has 0 unspecified atom stereocenters. The van der Waals surface area contributed by atoms with Crippen LogP contribution in [0, 0.1) is 13.8 Å². The highest BCUT2D eigenvalue weighted by Crippen LogP contribution is 2.15. The molecule has 9 heteroatoms. The van der Waals surface area contributed by atoms with Crippen molar-refractivity contribution in [1.82, 2.24) is 15.6 Å². The van der Waals surface area contributed by atoms with E-state index in [1.54, 1.807) is 24.3 Å². The summed E-state index contributed by atoms with van der Waals surface area (Å²) in [7, 11) is -3.35. The molecule has 2 rings (SSSR count). The second kappa shape index (κ2) is 9.18. The lowest BCUT2D eigenvalue weighted by atomic mass is 10.4. The van der Waals surface area contributed by atoms with E-state index in [0.717, 1.165) is 15.9 Å². The molecule has 142 valence electrons. The van der Waals surface area contributed by atoms with Gasteiger partial charge in [0.25, 0.3) is 0 Å². The van der Waals surface area contributed by atoms with Crippen molar-refractivity contribution in [3.63, 3.8) is 0 Å². The third kappa shape index (κ3) is 5.84. The summed E-state index contributed by atoms with van der Waals surface area (Å²) in [6.45, 7) is 6.86. The van der Waals surface area contributed by atoms with Crippen molar-refractivity contribution in [2.75, 3.05) is 18.8 Å². The first kappa shape index (κ1) is 20.4. The summed E-state index contributed by atoms with van der Waals surface area (Å²) in [4.78, 5) is 8.96. The Labute approximate surface area is 162 Å². The Morgan fingerprint density at radius 1 is 1.23 bits per heavy atom. The van der Waals surface area contributed by atoms with E-state index >= 15 is 0 Å². The van der Waals surface area contributed by atoms with Crippen LogP contribution in [0.5, 0.6) is 0 Å². The van der Waals surface area contributed by atoms with Crippen molar-refractivity contribution >= 4 is 31.7 Å². The highest BCUT2D eigenvalue weighted by Gasteiger charge is 2.14. The van der Waals surface area contributed by atoms with Crippen LogP contribution >= 0.6 is 15.9 Å². The van der Waals surface area contributed by atoms with Gasteiger partial charge in [0.2, 0.25) is 5.89 Å². The second-order valence-electron chi connectivity index (χ2n) is 5.64. The Kier molecular flexibility index (Phi) is 7.22. The van der Waals surface area contributed by atoms with E-state index in [1.165, 1.54) is 0 Å². The first-order valence-electron chi connectivity index (χ1n) is 8.25. The van der Waals surface area contributed by atoms with Crippen molar-refractivity contribution in [1.29, 1.82) is 0 Å². The number of aromatic nitrogens is 1. The number of halogens is 1. The molecule has 0 saturated carbocycles. The van der Waals surface area contributed by atoms with Crippen LogP contribution in [-0.2, 0) is 16.4 Å². The van der Waals surface area contributed by atoms with Crippen LogP contribution in [0.4, 0.5) is 0 Å². The molecule has 1 aromatic carbocycles. The van der Waals surface area contributed by atoms with Crippen LogP contribution in [0.15, 0.2) is 43.0 Å². The zero-order valence-corrected chi connectivity index (χ0v) is 17.4. The van der Waals surface area contributed by atoms with Gasteiger partial charge in [-0.15, -0.1) is 0 Å². The molecule has 7 nitrogen and oxygen atoms in total. The molecule has 0 radical (unpaired) electrons. The molecule has 0 aliphatic rings. The van der Waals surface area contributed by atoms with E-state index in [1.807, 2.05) is 20.8 Å². The molecule has 2 aromatic rings.